The number of carbonyl (C=O) groups excluding carboxylic acids is 3. The molecule has 7 heteroatoms. The molecule has 0 N–H and O–H groups in total. The average Bonchev–Trinajstić information content (AvgIpc) is 2.74. The van der Waals surface area contributed by atoms with Crippen molar-refractivity contribution in [1.82, 2.24) is 0 Å². The predicted molar refractivity (Wildman–Crippen MR) is 128 cm³/mol. The summed E-state index contributed by atoms with van der Waals surface area (Å²) in [6, 6.07) is 0. The van der Waals surface area contributed by atoms with Gasteiger partial charge in [0, 0.05) is 35.7 Å². The third-order valence-corrected chi connectivity index (χ3v) is 7.76. The van der Waals surface area contributed by atoms with Gasteiger partial charge in [0.2, 0.25) is 0 Å². The summed E-state index contributed by atoms with van der Waals surface area (Å²) in [4.78, 5) is 31.6. The zero-order chi connectivity index (χ0) is 25.3. The first-order valence-corrected chi connectivity index (χ1v) is 12.0. The topological polar surface area (TPSA) is 120 Å². The number of aliphatic carboxylic acids is 3. The van der Waals surface area contributed by atoms with Gasteiger partial charge in [0.05, 0.1) is 0 Å². The summed E-state index contributed by atoms with van der Waals surface area (Å²) < 4.78 is 0. The smallest absolute Gasteiger partial charge is 0.550 e. The Morgan fingerprint density at radius 2 is 0.735 bits per heavy atom. The summed E-state index contributed by atoms with van der Waals surface area (Å²) >= 11 is 0. The molecule has 186 valence electrons. The maximum atomic E-state index is 10.5. The van der Waals surface area contributed by atoms with Crippen LogP contribution in [0.15, 0.2) is 36.5 Å². The minimum absolute atomic E-state index is 0. The van der Waals surface area contributed by atoms with Crippen molar-refractivity contribution in [1.29, 1.82) is 0 Å². The van der Waals surface area contributed by atoms with E-state index in [1.807, 2.05) is 39.0 Å². The van der Waals surface area contributed by atoms with Crippen LogP contribution in [0.25, 0.3) is 0 Å². The molecule has 0 bridgehead atoms. The maximum Gasteiger partial charge on any atom is 3.00 e. The molecule has 0 radical (unpaired) electrons. The first-order chi connectivity index (χ1) is 15.4. The van der Waals surface area contributed by atoms with Crippen molar-refractivity contribution in [2.45, 2.75) is 60.8 Å². The molecule has 34 heavy (non-hydrogen) atoms. The van der Waals surface area contributed by atoms with Gasteiger partial charge in [-0.05, 0) is 54.8 Å². The van der Waals surface area contributed by atoms with Gasteiger partial charge in [-0.15, -0.1) is 0 Å². The van der Waals surface area contributed by atoms with Gasteiger partial charge in [-0.2, -0.15) is 0 Å². The second kappa shape index (κ2) is 15.2. The Kier molecular flexibility index (Phi) is 14.4. The van der Waals surface area contributed by atoms with E-state index in [2.05, 4.69) is 20.8 Å². The van der Waals surface area contributed by atoms with Crippen molar-refractivity contribution >= 4 is 35.3 Å². The molecule has 0 aromatic heterocycles. The molecule has 0 amide bonds. The number of carboxylic acid groups (broad SMARTS) is 3. The number of rotatable bonds is 3. The Labute approximate surface area is 215 Å². The quantitative estimate of drug-likeness (QED) is 0.439. The molecule has 0 heterocycles. The van der Waals surface area contributed by atoms with Crippen LogP contribution in [0, 0.1) is 53.3 Å². The van der Waals surface area contributed by atoms with E-state index in [1.54, 1.807) is 18.2 Å². The third-order valence-electron chi connectivity index (χ3n) is 7.76. The Hall–Kier alpha value is -1.84. The van der Waals surface area contributed by atoms with Gasteiger partial charge in [-0.25, -0.2) is 0 Å². The molecule has 0 aliphatic heterocycles. The van der Waals surface area contributed by atoms with E-state index in [4.69, 9.17) is 0 Å². The second-order valence-corrected chi connectivity index (χ2v) is 10.0. The van der Waals surface area contributed by atoms with E-state index in [1.165, 1.54) is 0 Å². The van der Waals surface area contributed by atoms with Gasteiger partial charge in [0.25, 0.3) is 0 Å². The van der Waals surface area contributed by atoms with E-state index in [9.17, 15) is 29.7 Å². The first-order valence-electron chi connectivity index (χ1n) is 12.0. The van der Waals surface area contributed by atoms with Gasteiger partial charge in [0.15, 0.2) is 0 Å². The molecular weight excluding hydrogens is 447 g/mol. The average molecular weight is 487 g/mol. The number of hydrogen-bond donors (Lipinski definition) is 0. The van der Waals surface area contributed by atoms with E-state index >= 15 is 0 Å². The Balaban J connectivity index is 0.000000473. The number of carboxylic acids is 3. The fourth-order valence-electron chi connectivity index (χ4n) is 4.43. The number of allylic oxidation sites excluding steroid dienone is 3. The SMILES string of the molecule is CC1CC=CC(C(=O)[O-])C1C.CC1CC=CC(C(=O)[O-])C1C.CC1CC=CC(C(=O)[O-])C1C.[Al+3]. The van der Waals surface area contributed by atoms with Crippen molar-refractivity contribution in [3.63, 3.8) is 0 Å². The van der Waals surface area contributed by atoms with Crippen molar-refractivity contribution in [3.8, 4) is 0 Å². The van der Waals surface area contributed by atoms with Gasteiger partial charge in [0.1, 0.15) is 0 Å². The van der Waals surface area contributed by atoms with Crippen LogP contribution < -0.4 is 15.3 Å². The van der Waals surface area contributed by atoms with Gasteiger partial charge >= 0.3 is 17.4 Å². The monoisotopic (exact) mass is 486 g/mol. The number of hydrogen-bond acceptors (Lipinski definition) is 6. The first kappa shape index (κ1) is 32.2. The molecule has 0 fully saturated rings. The summed E-state index contributed by atoms with van der Waals surface area (Å²) in [5, 5.41) is 31.6. The molecular formula is C27H39AlO6. The van der Waals surface area contributed by atoms with Crippen LogP contribution in [-0.2, 0) is 14.4 Å². The van der Waals surface area contributed by atoms with Gasteiger partial charge in [-0.1, -0.05) is 78.0 Å². The summed E-state index contributed by atoms with van der Waals surface area (Å²) in [6.07, 6.45) is 14.0. The fraction of sp³-hybridized carbons (Fsp3) is 0.667. The van der Waals surface area contributed by atoms with Crippen LogP contribution in [0.1, 0.15) is 60.8 Å². The largest absolute Gasteiger partial charge is 3.00 e. The Morgan fingerprint density at radius 3 is 0.882 bits per heavy atom. The number of carbonyl (C=O) groups is 3. The fourth-order valence-corrected chi connectivity index (χ4v) is 4.43. The molecule has 3 aliphatic rings. The molecule has 0 saturated heterocycles. The van der Waals surface area contributed by atoms with Gasteiger partial charge < -0.3 is 29.7 Å². The normalized spacial score (nSPS) is 36.0. The molecule has 0 spiro atoms. The Bertz CT molecular complexity index is 658. The van der Waals surface area contributed by atoms with Crippen molar-refractivity contribution < 1.29 is 29.7 Å². The van der Waals surface area contributed by atoms with Crippen LogP contribution in [0.2, 0.25) is 0 Å². The molecule has 0 saturated carbocycles. The van der Waals surface area contributed by atoms with Crippen molar-refractivity contribution in [3.05, 3.63) is 36.5 Å². The molecule has 9 atom stereocenters. The summed E-state index contributed by atoms with van der Waals surface area (Å²) in [6.45, 7) is 12.1. The molecule has 9 unspecified atom stereocenters. The van der Waals surface area contributed by atoms with Crippen LogP contribution in [0.5, 0.6) is 0 Å². The minimum Gasteiger partial charge on any atom is -0.550 e. The van der Waals surface area contributed by atoms with E-state index in [-0.39, 0.29) is 52.9 Å². The van der Waals surface area contributed by atoms with Crippen LogP contribution >= 0.6 is 0 Å². The molecule has 6 nitrogen and oxygen atoms in total. The molecule has 3 rings (SSSR count). The van der Waals surface area contributed by atoms with Gasteiger partial charge in [-0.3, -0.25) is 0 Å². The standard InChI is InChI=1S/3C9H14O2.Al/c3*1-6-4-3-5-8(7(6)2)9(10)11;/h3*3,5-8H,4H2,1-2H3,(H,10,11);/q;;;+3/p-3. The summed E-state index contributed by atoms with van der Waals surface area (Å²) in [5.41, 5.74) is 0. The molecule has 0 aromatic rings. The van der Waals surface area contributed by atoms with E-state index in [0.29, 0.717) is 17.8 Å². The second-order valence-electron chi connectivity index (χ2n) is 10.0. The zero-order valence-corrected chi connectivity index (χ0v) is 22.5. The summed E-state index contributed by atoms with van der Waals surface area (Å²) in [5.74, 6) is -1.94. The van der Waals surface area contributed by atoms with Crippen LogP contribution in [0.3, 0.4) is 0 Å². The predicted octanol–water partition coefficient (Wildman–Crippen LogP) is 1.37. The zero-order valence-electron chi connectivity index (χ0n) is 21.3. The van der Waals surface area contributed by atoms with E-state index in [0.717, 1.165) is 19.3 Å². The Morgan fingerprint density at radius 1 is 0.529 bits per heavy atom. The maximum absolute atomic E-state index is 10.5. The van der Waals surface area contributed by atoms with Crippen LogP contribution in [-0.4, -0.2) is 35.3 Å². The third kappa shape index (κ3) is 9.43. The molecule has 3 aliphatic carbocycles. The van der Waals surface area contributed by atoms with Crippen molar-refractivity contribution in [2.24, 2.45) is 53.3 Å². The summed E-state index contributed by atoms with van der Waals surface area (Å²) in [7, 11) is 0. The van der Waals surface area contributed by atoms with E-state index < -0.39 is 17.9 Å². The van der Waals surface area contributed by atoms with Crippen molar-refractivity contribution in [2.75, 3.05) is 0 Å². The minimum atomic E-state index is -0.944. The molecule has 0 aromatic carbocycles. The van der Waals surface area contributed by atoms with Crippen LogP contribution in [0.4, 0.5) is 0 Å².